The van der Waals surface area contributed by atoms with E-state index < -0.39 is 0 Å². The van der Waals surface area contributed by atoms with E-state index in [4.69, 9.17) is 0 Å². The van der Waals surface area contributed by atoms with Crippen LogP contribution in [0.2, 0.25) is 0 Å². The number of hydrogen-bond acceptors (Lipinski definition) is 6. The van der Waals surface area contributed by atoms with Crippen molar-refractivity contribution >= 4 is 60.5 Å². The molecule has 0 saturated carbocycles. The molecule has 0 bridgehead atoms. The fourth-order valence-corrected chi connectivity index (χ4v) is 3.78. The molecule has 0 aliphatic carbocycles. The van der Waals surface area contributed by atoms with Gasteiger partial charge in [-0.2, -0.15) is 4.98 Å². The molecule has 0 amide bonds. The Hall–Kier alpha value is -3.33. The van der Waals surface area contributed by atoms with Crippen molar-refractivity contribution in [2.75, 3.05) is 0 Å². The Kier molecular flexibility index (Phi) is 3.66. The predicted molar refractivity (Wildman–Crippen MR) is 110 cm³/mol. The molecule has 3 aromatic heterocycles. The number of aryl methyl sites for hydroxylation is 2. The van der Waals surface area contributed by atoms with Crippen molar-refractivity contribution in [3.63, 3.8) is 0 Å². The highest BCUT2D eigenvalue weighted by Crippen LogP contribution is 2.38. The molecule has 0 radical (unpaired) electrons. The number of aromatic nitrogens is 5. The molecule has 0 saturated heterocycles. The predicted octanol–water partition coefficient (Wildman–Crippen LogP) is 4.89. The van der Waals surface area contributed by atoms with Crippen molar-refractivity contribution in [1.82, 2.24) is 24.3 Å². The lowest BCUT2D eigenvalue weighted by Gasteiger charge is -1.97. The lowest BCUT2D eigenvalue weighted by molar-refractivity contribution is 0.436. The summed E-state index contributed by atoms with van der Waals surface area (Å²) in [5, 5.41) is 28.9. The van der Waals surface area contributed by atoms with Gasteiger partial charge in [-0.25, -0.2) is 0 Å². The summed E-state index contributed by atoms with van der Waals surface area (Å²) < 4.78 is 4.57. The molecule has 0 unspecified atom stereocenters. The van der Waals surface area contributed by atoms with E-state index in [1.807, 2.05) is 54.1 Å². The van der Waals surface area contributed by atoms with Crippen LogP contribution in [0.3, 0.4) is 0 Å². The Morgan fingerprint density at radius 2 is 1.71 bits per heavy atom. The first-order chi connectivity index (χ1) is 13.5. The third-order valence-corrected chi connectivity index (χ3v) is 5.33. The average molecular weight is 436 g/mol. The van der Waals surface area contributed by atoms with E-state index in [-0.39, 0.29) is 11.8 Å². The number of fused-ring (bicyclic) bond motifs is 4. The molecule has 138 valence electrons. The van der Waals surface area contributed by atoms with Gasteiger partial charge in [-0.3, -0.25) is 0 Å². The summed E-state index contributed by atoms with van der Waals surface area (Å²) in [6, 6.07) is 13.5. The maximum Gasteiger partial charge on any atom is 0.289 e. The molecule has 28 heavy (non-hydrogen) atoms. The zero-order chi connectivity index (χ0) is 19.4. The van der Waals surface area contributed by atoms with Gasteiger partial charge >= 0.3 is 0 Å². The van der Waals surface area contributed by atoms with Gasteiger partial charge < -0.3 is 14.2 Å². The number of hydrogen-bond donors (Lipinski definition) is 1. The topological polar surface area (TPSA) is 93.5 Å². The van der Waals surface area contributed by atoms with Crippen molar-refractivity contribution in [3.8, 4) is 5.88 Å². The molecule has 0 atom stereocenters. The van der Waals surface area contributed by atoms with Gasteiger partial charge in [0.1, 0.15) is 5.52 Å². The van der Waals surface area contributed by atoms with E-state index in [2.05, 4.69) is 41.3 Å². The smallest absolute Gasteiger partial charge is 0.289 e. The largest absolute Gasteiger partial charge is 0.493 e. The van der Waals surface area contributed by atoms with Crippen molar-refractivity contribution < 1.29 is 5.11 Å². The third kappa shape index (κ3) is 2.40. The van der Waals surface area contributed by atoms with Crippen LogP contribution in [0.1, 0.15) is 0 Å². The minimum absolute atomic E-state index is 0.0356. The molecular weight excluding hydrogens is 422 g/mol. The van der Waals surface area contributed by atoms with Crippen molar-refractivity contribution in [1.29, 1.82) is 0 Å². The van der Waals surface area contributed by atoms with Crippen LogP contribution < -0.4 is 0 Å². The van der Waals surface area contributed by atoms with Crippen LogP contribution in [-0.2, 0) is 14.1 Å². The van der Waals surface area contributed by atoms with E-state index in [1.165, 1.54) is 0 Å². The number of azo groups is 1. The van der Waals surface area contributed by atoms with E-state index in [0.717, 1.165) is 26.3 Å². The molecular formula is C19H14BrN7O. The van der Waals surface area contributed by atoms with E-state index in [0.29, 0.717) is 16.9 Å². The Labute approximate surface area is 167 Å². The SMILES string of the molecule is Cn1c(O)c(N=Nc2nnc3c4cc(Br)ccc4n(C)c3n2)c2ccccc21. The van der Waals surface area contributed by atoms with Crippen LogP contribution in [0.15, 0.2) is 57.2 Å². The van der Waals surface area contributed by atoms with Gasteiger partial charge in [-0.15, -0.1) is 20.4 Å². The van der Waals surface area contributed by atoms with Gasteiger partial charge in [0.15, 0.2) is 11.3 Å². The maximum atomic E-state index is 10.4. The standard InChI is InChI=1S/C19H14BrN7O/c1-26-14-8-7-10(20)9-12(14)15-17(26)21-19(24-22-15)25-23-16-11-5-3-4-6-13(11)27(2)18(16)28/h3-9,28H,1-2H3. The lowest BCUT2D eigenvalue weighted by atomic mass is 10.2. The molecule has 0 aliphatic heterocycles. The summed E-state index contributed by atoms with van der Waals surface area (Å²) in [6.07, 6.45) is 0. The first-order valence-electron chi connectivity index (χ1n) is 8.51. The molecule has 0 fully saturated rings. The molecule has 5 aromatic rings. The molecule has 2 aromatic carbocycles. The molecule has 8 nitrogen and oxygen atoms in total. The second kappa shape index (κ2) is 6.10. The first kappa shape index (κ1) is 16.8. The Balaban J connectivity index is 1.64. The summed E-state index contributed by atoms with van der Waals surface area (Å²) in [7, 11) is 3.69. The second-order valence-corrected chi connectivity index (χ2v) is 7.37. The van der Waals surface area contributed by atoms with Gasteiger partial charge in [0.25, 0.3) is 5.95 Å². The van der Waals surface area contributed by atoms with Gasteiger partial charge in [0.2, 0.25) is 5.88 Å². The zero-order valence-corrected chi connectivity index (χ0v) is 16.6. The molecule has 5 rings (SSSR count). The third-order valence-electron chi connectivity index (χ3n) is 4.84. The average Bonchev–Trinajstić information content (AvgIpc) is 3.12. The van der Waals surface area contributed by atoms with Gasteiger partial charge in [0, 0.05) is 29.3 Å². The van der Waals surface area contributed by atoms with Crippen LogP contribution in [0, 0.1) is 0 Å². The normalized spacial score (nSPS) is 12.1. The molecule has 0 spiro atoms. The van der Waals surface area contributed by atoms with E-state index in [1.54, 1.807) is 11.6 Å². The minimum atomic E-state index is 0.0356. The van der Waals surface area contributed by atoms with E-state index in [9.17, 15) is 5.11 Å². The van der Waals surface area contributed by atoms with Crippen molar-refractivity contribution in [2.24, 2.45) is 24.3 Å². The minimum Gasteiger partial charge on any atom is -0.493 e. The number of para-hydroxylation sites is 1. The Morgan fingerprint density at radius 3 is 2.57 bits per heavy atom. The molecule has 0 aliphatic rings. The number of halogens is 1. The number of nitrogens with zero attached hydrogens (tertiary/aromatic N) is 7. The molecule has 1 N–H and O–H groups in total. The van der Waals surface area contributed by atoms with Crippen LogP contribution >= 0.6 is 15.9 Å². The Bertz CT molecular complexity index is 1420. The zero-order valence-electron chi connectivity index (χ0n) is 15.0. The summed E-state index contributed by atoms with van der Waals surface area (Å²) >= 11 is 3.48. The van der Waals surface area contributed by atoms with Crippen LogP contribution in [0.5, 0.6) is 5.88 Å². The van der Waals surface area contributed by atoms with Gasteiger partial charge in [-0.05, 0) is 24.3 Å². The summed E-state index contributed by atoms with van der Waals surface area (Å²) in [6.45, 7) is 0. The number of benzene rings is 2. The van der Waals surface area contributed by atoms with Gasteiger partial charge in [0.05, 0.1) is 11.0 Å². The number of aromatic hydroxyl groups is 1. The fraction of sp³-hybridized carbons (Fsp3) is 0.105. The van der Waals surface area contributed by atoms with Crippen LogP contribution in [0.25, 0.3) is 33.0 Å². The van der Waals surface area contributed by atoms with Crippen molar-refractivity contribution in [3.05, 3.63) is 46.9 Å². The van der Waals surface area contributed by atoms with Crippen molar-refractivity contribution in [2.45, 2.75) is 0 Å². The summed E-state index contributed by atoms with van der Waals surface area (Å²) in [5.41, 5.74) is 3.61. The fourth-order valence-electron chi connectivity index (χ4n) is 3.42. The highest BCUT2D eigenvalue weighted by molar-refractivity contribution is 9.10. The van der Waals surface area contributed by atoms with Gasteiger partial charge in [-0.1, -0.05) is 34.1 Å². The highest BCUT2D eigenvalue weighted by Gasteiger charge is 2.15. The first-order valence-corrected chi connectivity index (χ1v) is 9.30. The second-order valence-electron chi connectivity index (χ2n) is 6.45. The molecule has 9 heteroatoms. The lowest BCUT2D eigenvalue weighted by Crippen LogP contribution is -1.92. The molecule has 3 heterocycles. The van der Waals surface area contributed by atoms with E-state index >= 15 is 0 Å². The summed E-state index contributed by atoms with van der Waals surface area (Å²) in [5.74, 6) is 0.165. The monoisotopic (exact) mass is 435 g/mol. The van der Waals surface area contributed by atoms with Crippen LogP contribution in [0.4, 0.5) is 11.6 Å². The maximum absolute atomic E-state index is 10.4. The quantitative estimate of drug-likeness (QED) is 0.399. The van der Waals surface area contributed by atoms with Crippen LogP contribution in [-0.4, -0.2) is 29.4 Å². The summed E-state index contributed by atoms with van der Waals surface area (Å²) in [4.78, 5) is 4.50. The highest BCUT2D eigenvalue weighted by atomic mass is 79.9. The Morgan fingerprint density at radius 1 is 0.929 bits per heavy atom. The number of rotatable bonds is 2.